The maximum absolute atomic E-state index is 13.5. The molecule has 0 heterocycles. The van der Waals surface area contributed by atoms with Crippen LogP contribution in [0.5, 0.6) is 17.2 Å². The fraction of sp³-hybridized carbons (Fsp3) is 0.143. The van der Waals surface area contributed by atoms with E-state index in [4.69, 9.17) is 26.8 Å². The fourth-order valence-electron chi connectivity index (χ4n) is 1.57. The van der Waals surface area contributed by atoms with Gasteiger partial charge in [-0.15, -0.1) is 0 Å². The van der Waals surface area contributed by atoms with Crippen molar-refractivity contribution < 1.29 is 18.3 Å². The number of benzene rings is 2. The summed E-state index contributed by atoms with van der Waals surface area (Å²) >= 11 is 5.66. The summed E-state index contributed by atoms with van der Waals surface area (Å²) in [6, 6.07) is 6.31. The van der Waals surface area contributed by atoms with E-state index >= 15 is 0 Å². The average Bonchev–Trinajstić information content (AvgIpc) is 2.39. The van der Waals surface area contributed by atoms with Crippen LogP contribution in [0.25, 0.3) is 0 Å². The van der Waals surface area contributed by atoms with Crippen LogP contribution in [0.15, 0.2) is 30.3 Å². The lowest BCUT2D eigenvalue weighted by Gasteiger charge is -2.12. The molecule has 0 aliphatic carbocycles. The third kappa shape index (κ3) is 3.11. The molecule has 2 N–H and O–H groups in total. The van der Waals surface area contributed by atoms with Gasteiger partial charge in [0, 0.05) is 18.2 Å². The summed E-state index contributed by atoms with van der Waals surface area (Å²) in [6.07, 6.45) is 0. The molecule has 0 aromatic heterocycles. The van der Waals surface area contributed by atoms with E-state index in [9.17, 15) is 8.78 Å². The molecule has 2 aromatic carbocycles. The van der Waals surface area contributed by atoms with Crippen LogP contribution in [-0.4, -0.2) is 6.61 Å². The molecule has 0 amide bonds. The van der Waals surface area contributed by atoms with E-state index in [2.05, 4.69) is 0 Å². The lowest BCUT2D eigenvalue weighted by Crippen LogP contribution is -1.99. The van der Waals surface area contributed by atoms with E-state index in [0.717, 1.165) is 6.07 Å². The summed E-state index contributed by atoms with van der Waals surface area (Å²) in [7, 11) is 0. The zero-order valence-corrected chi connectivity index (χ0v) is 11.4. The van der Waals surface area contributed by atoms with Gasteiger partial charge in [-0.2, -0.15) is 0 Å². The molecule has 0 saturated heterocycles. The van der Waals surface area contributed by atoms with Gasteiger partial charge >= 0.3 is 0 Å². The Balaban J connectivity index is 2.32. The number of ether oxygens (including phenoxy) is 2. The van der Waals surface area contributed by atoms with Gasteiger partial charge in [-0.3, -0.25) is 0 Å². The molecule has 0 spiro atoms. The van der Waals surface area contributed by atoms with Crippen LogP contribution in [0.4, 0.5) is 14.5 Å². The Morgan fingerprint density at radius 3 is 2.50 bits per heavy atom. The first-order valence-electron chi connectivity index (χ1n) is 5.86. The number of hydrogen-bond donors (Lipinski definition) is 1. The molecule has 0 aliphatic heterocycles. The van der Waals surface area contributed by atoms with Gasteiger partial charge in [0.05, 0.1) is 17.3 Å². The van der Waals surface area contributed by atoms with Gasteiger partial charge in [-0.05, 0) is 19.1 Å². The Labute approximate surface area is 119 Å². The number of anilines is 1. The Morgan fingerprint density at radius 1 is 1.10 bits per heavy atom. The minimum Gasteiger partial charge on any atom is -0.491 e. The van der Waals surface area contributed by atoms with Crippen molar-refractivity contribution in [1.29, 1.82) is 0 Å². The predicted octanol–water partition coefficient (Wildman–Crippen LogP) is 4.39. The second-order valence-corrected chi connectivity index (χ2v) is 4.34. The third-order valence-corrected chi connectivity index (χ3v) is 2.77. The smallest absolute Gasteiger partial charge is 0.167 e. The second kappa shape index (κ2) is 5.96. The molecule has 0 aliphatic rings. The van der Waals surface area contributed by atoms with Crippen LogP contribution in [0.1, 0.15) is 6.92 Å². The quantitative estimate of drug-likeness (QED) is 0.851. The van der Waals surface area contributed by atoms with E-state index < -0.39 is 11.6 Å². The molecule has 106 valence electrons. The lowest BCUT2D eigenvalue weighted by atomic mass is 10.2. The van der Waals surface area contributed by atoms with Crippen molar-refractivity contribution in [1.82, 2.24) is 0 Å². The first kappa shape index (κ1) is 14.4. The summed E-state index contributed by atoms with van der Waals surface area (Å²) in [6.45, 7) is 2.04. The SMILES string of the molecule is CCOc1cc(Oc2ccc(F)c(Cl)c2)c(N)cc1F. The van der Waals surface area contributed by atoms with Crippen molar-refractivity contribution in [3.8, 4) is 17.2 Å². The zero-order chi connectivity index (χ0) is 14.7. The standard InChI is InChI=1S/C14H12ClF2NO2/c1-2-19-13-7-14(12(18)6-11(13)17)20-8-3-4-10(16)9(15)5-8/h3-7H,2,18H2,1H3. The minimum absolute atomic E-state index is 0.0323. The van der Waals surface area contributed by atoms with Crippen molar-refractivity contribution in [2.75, 3.05) is 12.3 Å². The molecule has 2 rings (SSSR count). The van der Waals surface area contributed by atoms with E-state index in [1.165, 1.54) is 24.3 Å². The summed E-state index contributed by atoms with van der Waals surface area (Å²) in [5.41, 5.74) is 5.78. The van der Waals surface area contributed by atoms with Crippen LogP contribution >= 0.6 is 11.6 Å². The predicted molar refractivity (Wildman–Crippen MR) is 73.5 cm³/mol. The van der Waals surface area contributed by atoms with Gasteiger partial charge in [-0.25, -0.2) is 8.78 Å². The van der Waals surface area contributed by atoms with Gasteiger partial charge in [0.25, 0.3) is 0 Å². The summed E-state index contributed by atoms with van der Waals surface area (Å²) < 4.78 is 37.2. The normalized spacial score (nSPS) is 10.4. The summed E-state index contributed by atoms with van der Waals surface area (Å²) in [4.78, 5) is 0. The maximum Gasteiger partial charge on any atom is 0.167 e. The van der Waals surface area contributed by atoms with Crippen LogP contribution < -0.4 is 15.2 Å². The van der Waals surface area contributed by atoms with Gasteiger partial charge in [0.1, 0.15) is 11.6 Å². The van der Waals surface area contributed by atoms with Gasteiger partial charge in [0.2, 0.25) is 0 Å². The topological polar surface area (TPSA) is 44.5 Å². The van der Waals surface area contributed by atoms with E-state index in [1.54, 1.807) is 6.92 Å². The number of halogens is 3. The molecule has 0 radical (unpaired) electrons. The van der Waals surface area contributed by atoms with Crippen molar-refractivity contribution >= 4 is 17.3 Å². The highest BCUT2D eigenvalue weighted by Crippen LogP contribution is 2.34. The number of nitrogen functional groups attached to an aromatic ring is 1. The maximum atomic E-state index is 13.5. The molecule has 6 heteroatoms. The number of nitrogens with two attached hydrogens (primary N) is 1. The number of rotatable bonds is 4. The molecule has 0 saturated carbocycles. The largest absolute Gasteiger partial charge is 0.491 e. The summed E-state index contributed by atoms with van der Waals surface area (Å²) in [5, 5.41) is -0.0757. The molecular formula is C14H12ClF2NO2. The lowest BCUT2D eigenvalue weighted by molar-refractivity contribution is 0.319. The minimum atomic E-state index is -0.575. The van der Waals surface area contributed by atoms with Gasteiger partial charge < -0.3 is 15.2 Å². The zero-order valence-electron chi connectivity index (χ0n) is 10.6. The monoisotopic (exact) mass is 299 g/mol. The highest BCUT2D eigenvalue weighted by atomic mass is 35.5. The molecule has 0 fully saturated rings. The second-order valence-electron chi connectivity index (χ2n) is 3.93. The van der Waals surface area contributed by atoms with Crippen molar-refractivity contribution in [2.24, 2.45) is 0 Å². The summed E-state index contributed by atoms with van der Waals surface area (Å²) in [5.74, 6) is -0.602. The number of hydrogen-bond acceptors (Lipinski definition) is 3. The van der Waals surface area contributed by atoms with Crippen LogP contribution in [-0.2, 0) is 0 Å². The van der Waals surface area contributed by atoms with Crippen molar-refractivity contribution in [3.05, 3.63) is 47.0 Å². The average molecular weight is 300 g/mol. The first-order valence-corrected chi connectivity index (χ1v) is 6.23. The molecule has 3 nitrogen and oxygen atoms in total. The highest BCUT2D eigenvalue weighted by Gasteiger charge is 2.11. The fourth-order valence-corrected chi connectivity index (χ4v) is 1.74. The van der Waals surface area contributed by atoms with E-state index in [-0.39, 0.29) is 28.0 Å². The van der Waals surface area contributed by atoms with Gasteiger partial charge in [-0.1, -0.05) is 11.6 Å². The van der Waals surface area contributed by atoms with Crippen LogP contribution in [0, 0.1) is 11.6 Å². The van der Waals surface area contributed by atoms with E-state index in [0.29, 0.717) is 6.61 Å². The molecule has 20 heavy (non-hydrogen) atoms. The Bertz CT molecular complexity index is 635. The Hall–Kier alpha value is -2.01. The van der Waals surface area contributed by atoms with Crippen molar-refractivity contribution in [3.63, 3.8) is 0 Å². The molecule has 0 bridgehead atoms. The van der Waals surface area contributed by atoms with E-state index in [1.807, 2.05) is 0 Å². The highest BCUT2D eigenvalue weighted by molar-refractivity contribution is 6.30. The van der Waals surface area contributed by atoms with Crippen LogP contribution in [0.3, 0.4) is 0 Å². The van der Waals surface area contributed by atoms with Gasteiger partial charge in [0.15, 0.2) is 17.3 Å². The van der Waals surface area contributed by atoms with Crippen LogP contribution in [0.2, 0.25) is 5.02 Å². The molecule has 0 atom stereocenters. The first-order chi connectivity index (χ1) is 9.51. The third-order valence-electron chi connectivity index (χ3n) is 2.48. The molecular weight excluding hydrogens is 288 g/mol. The Kier molecular flexibility index (Phi) is 4.29. The molecule has 2 aromatic rings. The molecule has 0 unspecified atom stereocenters. The van der Waals surface area contributed by atoms with Crippen molar-refractivity contribution in [2.45, 2.75) is 6.92 Å². The Morgan fingerprint density at radius 2 is 1.85 bits per heavy atom.